The van der Waals surface area contributed by atoms with E-state index in [1.54, 1.807) is 46.6 Å². The fraction of sp³-hybridized carbons (Fsp3) is 0.720. The lowest BCUT2D eigenvalue weighted by Crippen LogP contribution is -2.52. The minimum atomic E-state index is -0.753. The first kappa shape index (κ1) is 27.6. The molecule has 2 aliphatic heterocycles. The van der Waals surface area contributed by atoms with Crippen molar-refractivity contribution < 1.29 is 24.0 Å². The molecule has 0 radical (unpaired) electrons. The predicted octanol–water partition coefficient (Wildman–Crippen LogP) is 3.30. The SMILES string of the molecule is Cc1ncnc(C)c1N(OCC(=O)N(C)C1CCN(C(=O)N2CCCCC2)CC1)C(=O)OC(C)(C)C. The maximum Gasteiger partial charge on any atom is 0.439 e. The number of anilines is 1. The van der Waals surface area contributed by atoms with Gasteiger partial charge in [0.05, 0.1) is 11.4 Å². The molecule has 2 saturated heterocycles. The monoisotopic (exact) mass is 504 g/mol. The summed E-state index contributed by atoms with van der Waals surface area (Å²) in [7, 11) is 1.73. The number of likely N-dealkylation sites (N-methyl/N-ethyl adjacent to an activating group) is 1. The summed E-state index contributed by atoms with van der Waals surface area (Å²) >= 11 is 0. The molecule has 0 aromatic carbocycles. The van der Waals surface area contributed by atoms with Crippen LogP contribution >= 0.6 is 0 Å². The number of carbonyl (C=O) groups is 3. The number of aromatic nitrogens is 2. The van der Waals surface area contributed by atoms with Crippen LogP contribution in [0.5, 0.6) is 0 Å². The Morgan fingerprint density at radius 1 is 0.972 bits per heavy atom. The lowest BCUT2D eigenvalue weighted by Gasteiger charge is -2.39. The van der Waals surface area contributed by atoms with Crippen molar-refractivity contribution in [3.63, 3.8) is 0 Å². The smallest absolute Gasteiger partial charge is 0.439 e. The van der Waals surface area contributed by atoms with Gasteiger partial charge in [0.2, 0.25) is 0 Å². The number of piperidine rings is 2. The van der Waals surface area contributed by atoms with Gasteiger partial charge in [-0.3, -0.25) is 9.63 Å². The van der Waals surface area contributed by atoms with E-state index in [2.05, 4.69) is 9.97 Å². The molecule has 0 N–H and O–H groups in total. The normalized spacial score (nSPS) is 17.1. The summed E-state index contributed by atoms with van der Waals surface area (Å²) in [6.45, 7) is 11.3. The van der Waals surface area contributed by atoms with Crippen LogP contribution in [0.4, 0.5) is 15.3 Å². The van der Waals surface area contributed by atoms with E-state index in [1.807, 2.05) is 9.80 Å². The largest absolute Gasteiger partial charge is 0.442 e. The molecule has 4 amide bonds. The van der Waals surface area contributed by atoms with E-state index in [-0.39, 0.29) is 24.6 Å². The molecule has 0 spiro atoms. The molecule has 0 atom stereocenters. The maximum atomic E-state index is 13.0. The van der Waals surface area contributed by atoms with Crippen molar-refractivity contribution in [2.45, 2.75) is 78.4 Å². The quantitative estimate of drug-likeness (QED) is 0.566. The topological polar surface area (TPSA) is 108 Å². The van der Waals surface area contributed by atoms with Crippen molar-refractivity contribution in [1.82, 2.24) is 24.7 Å². The van der Waals surface area contributed by atoms with E-state index in [9.17, 15) is 14.4 Å². The predicted molar refractivity (Wildman–Crippen MR) is 134 cm³/mol. The zero-order chi connectivity index (χ0) is 26.5. The highest BCUT2D eigenvalue weighted by Gasteiger charge is 2.32. The zero-order valence-electron chi connectivity index (χ0n) is 22.5. The van der Waals surface area contributed by atoms with Crippen LogP contribution in [0.1, 0.15) is 64.3 Å². The van der Waals surface area contributed by atoms with E-state index >= 15 is 0 Å². The highest BCUT2D eigenvalue weighted by Crippen LogP contribution is 2.25. The number of ether oxygens (including phenoxy) is 1. The molecule has 3 heterocycles. The zero-order valence-corrected chi connectivity index (χ0v) is 22.5. The van der Waals surface area contributed by atoms with Gasteiger partial charge < -0.3 is 19.4 Å². The molecule has 1 aromatic rings. The molecule has 200 valence electrons. The summed E-state index contributed by atoms with van der Waals surface area (Å²) in [4.78, 5) is 58.3. The number of rotatable bonds is 5. The summed E-state index contributed by atoms with van der Waals surface area (Å²) in [6, 6.07) is 0.0966. The Balaban J connectivity index is 1.59. The number of hydrogen-bond acceptors (Lipinski definition) is 7. The Hall–Kier alpha value is -2.95. The van der Waals surface area contributed by atoms with Crippen LogP contribution in [0.25, 0.3) is 0 Å². The summed E-state index contributed by atoms with van der Waals surface area (Å²) < 4.78 is 5.50. The molecule has 3 rings (SSSR count). The van der Waals surface area contributed by atoms with Crippen LogP contribution in [0, 0.1) is 13.8 Å². The third-order valence-electron chi connectivity index (χ3n) is 6.57. The summed E-state index contributed by atoms with van der Waals surface area (Å²) in [5.41, 5.74) is 0.655. The van der Waals surface area contributed by atoms with E-state index in [0.717, 1.165) is 31.0 Å². The Morgan fingerprint density at radius 2 is 1.53 bits per heavy atom. The molecule has 0 unspecified atom stereocenters. The van der Waals surface area contributed by atoms with E-state index in [0.29, 0.717) is 43.0 Å². The number of aryl methyl sites for hydroxylation is 2. The van der Waals surface area contributed by atoms with Crippen molar-refractivity contribution in [2.75, 3.05) is 44.9 Å². The van der Waals surface area contributed by atoms with Crippen molar-refractivity contribution in [3.8, 4) is 0 Å². The second kappa shape index (κ2) is 11.9. The first-order valence-corrected chi connectivity index (χ1v) is 12.7. The summed E-state index contributed by atoms with van der Waals surface area (Å²) in [5, 5.41) is 0.974. The van der Waals surface area contributed by atoms with Gasteiger partial charge in [-0.15, -0.1) is 5.06 Å². The van der Waals surface area contributed by atoms with Gasteiger partial charge in [0.1, 0.15) is 17.6 Å². The van der Waals surface area contributed by atoms with Crippen molar-refractivity contribution >= 4 is 23.7 Å². The second-order valence-electron chi connectivity index (χ2n) is 10.5. The molecule has 0 aliphatic carbocycles. The van der Waals surface area contributed by atoms with E-state index in [1.165, 1.54) is 12.7 Å². The average Bonchev–Trinajstić information content (AvgIpc) is 2.84. The van der Waals surface area contributed by atoms with Crippen LogP contribution < -0.4 is 5.06 Å². The Bertz CT molecular complexity index is 915. The van der Waals surface area contributed by atoms with Gasteiger partial charge in [-0.1, -0.05) is 0 Å². The number of likely N-dealkylation sites (tertiary alicyclic amines) is 2. The van der Waals surface area contributed by atoms with Gasteiger partial charge in [-0.2, -0.15) is 0 Å². The lowest BCUT2D eigenvalue weighted by atomic mass is 10.0. The Morgan fingerprint density at radius 3 is 2.08 bits per heavy atom. The van der Waals surface area contributed by atoms with Crippen LogP contribution in [-0.4, -0.2) is 94.2 Å². The third-order valence-corrected chi connectivity index (χ3v) is 6.57. The molecule has 11 nitrogen and oxygen atoms in total. The minimum Gasteiger partial charge on any atom is -0.442 e. The van der Waals surface area contributed by atoms with Gasteiger partial charge in [0.15, 0.2) is 6.61 Å². The van der Waals surface area contributed by atoms with Crippen LogP contribution in [0.15, 0.2) is 6.33 Å². The van der Waals surface area contributed by atoms with Crippen LogP contribution in [-0.2, 0) is 14.4 Å². The van der Waals surface area contributed by atoms with Crippen LogP contribution in [0.2, 0.25) is 0 Å². The van der Waals surface area contributed by atoms with Gasteiger partial charge >= 0.3 is 12.1 Å². The fourth-order valence-corrected chi connectivity index (χ4v) is 4.55. The number of carbonyl (C=O) groups excluding carboxylic acids is 3. The average molecular weight is 505 g/mol. The number of amides is 4. The van der Waals surface area contributed by atoms with E-state index < -0.39 is 11.7 Å². The first-order valence-electron chi connectivity index (χ1n) is 12.7. The standard InChI is InChI=1S/C25H40N6O5/c1-18-22(19(2)27-17-26-18)31(24(34)36-25(3,4)5)35-16-21(32)28(6)20-10-14-30(15-11-20)23(33)29-12-8-7-9-13-29/h17,20H,7-16H2,1-6H3. The van der Waals surface area contributed by atoms with Gasteiger partial charge in [-0.25, -0.2) is 19.6 Å². The maximum absolute atomic E-state index is 13.0. The Labute approximate surface area is 213 Å². The first-order chi connectivity index (χ1) is 17.0. The third kappa shape index (κ3) is 7.05. The van der Waals surface area contributed by atoms with E-state index in [4.69, 9.17) is 9.57 Å². The minimum absolute atomic E-state index is 0.00925. The molecule has 2 aliphatic rings. The van der Waals surface area contributed by atoms with Crippen LogP contribution in [0.3, 0.4) is 0 Å². The fourth-order valence-electron chi connectivity index (χ4n) is 4.55. The van der Waals surface area contributed by atoms with Gasteiger partial charge in [0, 0.05) is 39.3 Å². The molecule has 36 heavy (non-hydrogen) atoms. The highest BCUT2D eigenvalue weighted by atomic mass is 16.7. The number of hydroxylamine groups is 1. The summed E-state index contributed by atoms with van der Waals surface area (Å²) in [5.74, 6) is -0.267. The molecule has 0 bridgehead atoms. The summed E-state index contributed by atoms with van der Waals surface area (Å²) in [6.07, 6.45) is 5.36. The molecular weight excluding hydrogens is 464 g/mol. The number of nitrogens with zero attached hydrogens (tertiary/aromatic N) is 6. The van der Waals surface area contributed by atoms with Gasteiger partial charge in [0.25, 0.3) is 5.91 Å². The second-order valence-corrected chi connectivity index (χ2v) is 10.5. The van der Waals surface area contributed by atoms with Crippen molar-refractivity contribution in [3.05, 3.63) is 17.7 Å². The van der Waals surface area contributed by atoms with Crippen molar-refractivity contribution in [2.24, 2.45) is 0 Å². The molecular formula is C25H40N6O5. The van der Waals surface area contributed by atoms with Crippen molar-refractivity contribution in [1.29, 1.82) is 0 Å². The number of urea groups is 1. The lowest BCUT2D eigenvalue weighted by molar-refractivity contribution is -0.138. The van der Waals surface area contributed by atoms with Gasteiger partial charge in [-0.05, 0) is 66.7 Å². The molecule has 11 heteroatoms. The molecule has 2 fully saturated rings. The molecule has 1 aromatic heterocycles. The highest BCUT2D eigenvalue weighted by molar-refractivity contribution is 5.87. The Kier molecular flexibility index (Phi) is 9.10. The molecule has 0 saturated carbocycles. The number of hydrogen-bond donors (Lipinski definition) is 0.